The molecular weight excluding hydrogens is 448 g/mol. The molecule has 182 valence electrons. The van der Waals surface area contributed by atoms with Gasteiger partial charge in [0.25, 0.3) is 16.8 Å². The standard InChI is InChI=1S/C26H28N4O5/c1-2-18(15-8-4-3-5-9-15)28-20-21(24(33)23(20)32)29-19-12-6-11-17(22(19)31)26(35)30-13-7-10-16(14-30)25(27)34/h3-6,8-9,11-12,16,18,28-29,31H,2,7,10,13-14H2,1H3,(H2,27,34)/t16?,18-/m1/s1. The predicted octanol–water partition coefficient (Wildman–Crippen LogP) is 2.63. The number of hydrogen-bond acceptors (Lipinski definition) is 7. The average Bonchev–Trinajstić information content (AvgIpc) is 2.89. The molecule has 1 saturated heterocycles. The van der Waals surface area contributed by atoms with E-state index >= 15 is 0 Å². The maximum atomic E-state index is 13.1. The summed E-state index contributed by atoms with van der Waals surface area (Å²) in [6.07, 6.45) is 1.94. The van der Waals surface area contributed by atoms with E-state index in [0.717, 1.165) is 5.56 Å². The highest BCUT2D eigenvalue weighted by atomic mass is 16.3. The van der Waals surface area contributed by atoms with Gasteiger partial charge in [0.05, 0.1) is 23.2 Å². The van der Waals surface area contributed by atoms with Crippen LogP contribution in [0.15, 0.2) is 58.1 Å². The second kappa shape index (κ2) is 10.0. The molecule has 0 saturated carbocycles. The minimum Gasteiger partial charge on any atom is -0.505 e. The summed E-state index contributed by atoms with van der Waals surface area (Å²) in [6.45, 7) is 2.60. The van der Waals surface area contributed by atoms with E-state index in [1.807, 2.05) is 37.3 Å². The summed E-state index contributed by atoms with van der Waals surface area (Å²) in [6, 6.07) is 13.9. The molecule has 35 heavy (non-hydrogen) atoms. The van der Waals surface area contributed by atoms with Gasteiger partial charge in [-0.2, -0.15) is 0 Å². The molecule has 1 unspecified atom stereocenters. The lowest BCUT2D eigenvalue weighted by molar-refractivity contribution is -0.123. The Hall–Kier alpha value is -4.14. The topological polar surface area (TPSA) is 142 Å². The van der Waals surface area contributed by atoms with E-state index < -0.39 is 28.6 Å². The first-order chi connectivity index (χ1) is 16.8. The number of hydrogen-bond donors (Lipinski definition) is 4. The van der Waals surface area contributed by atoms with E-state index in [4.69, 9.17) is 5.73 Å². The van der Waals surface area contributed by atoms with E-state index in [-0.39, 0.29) is 41.0 Å². The van der Waals surface area contributed by atoms with Gasteiger partial charge in [-0.05, 0) is 37.0 Å². The summed E-state index contributed by atoms with van der Waals surface area (Å²) >= 11 is 0. The van der Waals surface area contributed by atoms with Crippen molar-refractivity contribution in [3.63, 3.8) is 0 Å². The smallest absolute Gasteiger partial charge is 0.257 e. The third-order valence-electron chi connectivity index (χ3n) is 6.48. The Morgan fingerprint density at radius 2 is 1.80 bits per heavy atom. The number of nitrogens with one attached hydrogen (secondary N) is 2. The lowest BCUT2D eigenvalue weighted by Crippen LogP contribution is -2.44. The van der Waals surface area contributed by atoms with Gasteiger partial charge in [0.2, 0.25) is 5.91 Å². The maximum Gasteiger partial charge on any atom is 0.257 e. The molecule has 1 aliphatic heterocycles. The highest BCUT2D eigenvalue weighted by Crippen LogP contribution is 2.34. The normalized spacial score (nSPS) is 16.6. The Morgan fingerprint density at radius 3 is 2.49 bits per heavy atom. The molecule has 2 atom stereocenters. The van der Waals surface area contributed by atoms with E-state index in [1.54, 1.807) is 6.07 Å². The first-order valence-electron chi connectivity index (χ1n) is 11.6. The quantitative estimate of drug-likeness (QED) is 0.289. The van der Waals surface area contributed by atoms with Crippen molar-refractivity contribution in [2.75, 3.05) is 23.7 Å². The monoisotopic (exact) mass is 476 g/mol. The van der Waals surface area contributed by atoms with Crippen LogP contribution in [-0.4, -0.2) is 34.9 Å². The first-order valence-corrected chi connectivity index (χ1v) is 11.6. The highest BCUT2D eigenvalue weighted by Gasteiger charge is 2.30. The zero-order valence-corrected chi connectivity index (χ0v) is 19.4. The molecule has 0 bridgehead atoms. The lowest BCUT2D eigenvalue weighted by atomic mass is 9.96. The van der Waals surface area contributed by atoms with Crippen LogP contribution in [0.25, 0.3) is 0 Å². The first kappa shape index (κ1) is 24.0. The number of primary amides is 1. The van der Waals surface area contributed by atoms with Crippen molar-refractivity contribution in [3.05, 3.63) is 80.1 Å². The second-order valence-electron chi connectivity index (χ2n) is 8.74. The minimum atomic E-state index is -0.702. The molecule has 0 aliphatic carbocycles. The van der Waals surface area contributed by atoms with E-state index in [1.165, 1.54) is 17.0 Å². The SMILES string of the molecule is CC[C@@H](Nc1c(Nc2cccc(C(=O)N3CCCC(C(N)=O)C3)c2O)c(=O)c1=O)c1ccccc1. The Balaban J connectivity index is 1.56. The fourth-order valence-electron chi connectivity index (χ4n) is 4.45. The number of amides is 2. The highest BCUT2D eigenvalue weighted by molar-refractivity contribution is 5.99. The minimum absolute atomic E-state index is 0.0315. The molecule has 2 amide bonds. The number of aromatic hydroxyl groups is 1. The van der Waals surface area contributed by atoms with Crippen LogP contribution in [0.4, 0.5) is 17.1 Å². The van der Waals surface area contributed by atoms with Gasteiger partial charge in [0, 0.05) is 13.1 Å². The Labute approximate surface area is 202 Å². The van der Waals surface area contributed by atoms with Crippen LogP contribution in [0.3, 0.4) is 0 Å². The zero-order valence-electron chi connectivity index (χ0n) is 19.4. The summed E-state index contributed by atoms with van der Waals surface area (Å²) in [5, 5.41) is 16.8. The maximum absolute atomic E-state index is 13.1. The summed E-state index contributed by atoms with van der Waals surface area (Å²) in [5.41, 5.74) is 5.38. The van der Waals surface area contributed by atoms with Crippen LogP contribution >= 0.6 is 0 Å². The van der Waals surface area contributed by atoms with Crippen molar-refractivity contribution in [2.24, 2.45) is 11.7 Å². The van der Waals surface area contributed by atoms with Gasteiger partial charge < -0.3 is 26.4 Å². The third kappa shape index (κ3) is 4.75. The number of nitrogens with zero attached hydrogens (tertiary/aromatic N) is 1. The molecule has 9 nitrogen and oxygen atoms in total. The van der Waals surface area contributed by atoms with Crippen molar-refractivity contribution in [1.29, 1.82) is 0 Å². The van der Waals surface area contributed by atoms with Crippen molar-refractivity contribution < 1.29 is 14.7 Å². The third-order valence-corrected chi connectivity index (χ3v) is 6.48. The van der Waals surface area contributed by atoms with Crippen molar-refractivity contribution >= 4 is 28.9 Å². The molecule has 5 N–H and O–H groups in total. The van der Waals surface area contributed by atoms with Gasteiger partial charge in [0.15, 0.2) is 5.75 Å². The molecule has 3 aromatic carbocycles. The van der Waals surface area contributed by atoms with Gasteiger partial charge in [0.1, 0.15) is 11.4 Å². The van der Waals surface area contributed by atoms with Crippen molar-refractivity contribution in [1.82, 2.24) is 4.90 Å². The average molecular weight is 477 g/mol. The van der Waals surface area contributed by atoms with Crippen LogP contribution in [0.5, 0.6) is 5.75 Å². The molecular formula is C26H28N4O5. The Bertz CT molecular complexity index is 1310. The number of benzene rings is 2. The molecule has 1 heterocycles. The van der Waals surface area contributed by atoms with E-state index in [9.17, 15) is 24.3 Å². The van der Waals surface area contributed by atoms with E-state index in [0.29, 0.717) is 25.8 Å². The van der Waals surface area contributed by atoms with Crippen molar-refractivity contribution in [3.8, 4) is 5.75 Å². The van der Waals surface area contributed by atoms with Gasteiger partial charge in [-0.1, -0.05) is 43.3 Å². The second-order valence-corrected chi connectivity index (χ2v) is 8.74. The summed E-state index contributed by atoms with van der Waals surface area (Å²) in [5.74, 6) is -1.66. The number of piperidine rings is 1. The predicted molar refractivity (Wildman–Crippen MR) is 134 cm³/mol. The number of phenolic OH excluding ortho intramolecular Hbond substituents is 1. The Kier molecular flexibility index (Phi) is 6.86. The molecule has 0 spiro atoms. The number of likely N-dealkylation sites (tertiary alicyclic amines) is 1. The van der Waals surface area contributed by atoms with Crippen LogP contribution in [-0.2, 0) is 4.79 Å². The molecule has 1 aliphatic rings. The van der Waals surface area contributed by atoms with Gasteiger partial charge >= 0.3 is 0 Å². The van der Waals surface area contributed by atoms with Gasteiger partial charge in [-0.15, -0.1) is 0 Å². The Morgan fingerprint density at radius 1 is 1.09 bits per heavy atom. The molecule has 1 fully saturated rings. The van der Waals surface area contributed by atoms with E-state index in [2.05, 4.69) is 10.6 Å². The number of rotatable bonds is 8. The molecule has 0 aromatic heterocycles. The molecule has 9 heteroatoms. The van der Waals surface area contributed by atoms with Crippen LogP contribution in [0.1, 0.15) is 48.1 Å². The number of para-hydroxylation sites is 1. The zero-order chi connectivity index (χ0) is 25.1. The summed E-state index contributed by atoms with van der Waals surface area (Å²) in [4.78, 5) is 50.8. The number of phenols is 1. The fourth-order valence-corrected chi connectivity index (χ4v) is 4.45. The molecule has 4 rings (SSSR count). The number of carbonyl (C=O) groups is 2. The number of anilines is 3. The van der Waals surface area contributed by atoms with Crippen LogP contribution in [0.2, 0.25) is 0 Å². The lowest BCUT2D eigenvalue weighted by Gasteiger charge is -2.31. The fraction of sp³-hybridized carbons (Fsp3) is 0.308. The van der Waals surface area contributed by atoms with Gasteiger partial charge in [-0.25, -0.2) is 0 Å². The van der Waals surface area contributed by atoms with Crippen LogP contribution < -0.4 is 27.2 Å². The summed E-state index contributed by atoms with van der Waals surface area (Å²) in [7, 11) is 0. The summed E-state index contributed by atoms with van der Waals surface area (Å²) < 4.78 is 0. The van der Waals surface area contributed by atoms with Crippen molar-refractivity contribution in [2.45, 2.75) is 32.2 Å². The van der Waals surface area contributed by atoms with Crippen LogP contribution in [0, 0.1) is 5.92 Å². The largest absolute Gasteiger partial charge is 0.505 e. The molecule has 3 aromatic rings. The number of nitrogens with two attached hydrogens (primary N) is 1. The van der Waals surface area contributed by atoms with Gasteiger partial charge in [-0.3, -0.25) is 19.2 Å². The molecule has 0 radical (unpaired) electrons. The number of carbonyl (C=O) groups excluding carboxylic acids is 2.